The van der Waals surface area contributed by atoms with Crippen molar-refractivity contribution in [2.75, 3.05) is 6.61 Å². The molecule has 0 fully saturated rings. The third-order valence-electron chi connectivity index (χ3n) is 4.18. The minimum Gasteiger partial charge on any atom is -0.465 e. The van der Waals surface area contributed by atoms with Gasteiger partial charge < -0.3 is 9.30 Å². The molecule has 5 nitrogen and oxygen atoms in total. The number of benzene rings is 1. The summed E-state index contributed by atoms with van der Waals surface area (Å²) in [7, 11) is 0. The number of rotatable bonds is 3. The van der Waals surface area contributed by atoms with Crippen molar-refractivity contribution in [2.24, 2.45) is 0 Å². The Morgan fingerprint density at radius 1 is 1.39 bits per heavy atom. The van der Waals surface area contributed by atoms with Gasteiger partial charge in [-0.3, -0.25) is 4.79 Å². The van der Waals surface area contributed by atoms with Gasteiger partial charge in [0.25, 0.3) is 0 Å². The number of carbonyl (C=O) groups is 1. The van der Waals surface area contributed by atoms with Gasteiger partial charge in [-0.05, 0) is 37.3 Å². The largest absolute Gasteiger partial charge is 0.465 e. The van der Waals surface area contributed by atoms with Crippen molar-refractivity contribution in [3.8, 4) is 10.7 Å². The molecule has 23 heavy (non-hydrogen) atoms. The molecule has 1 aromatic carbocycles. The minimum atomic E-state index is -0.292. The van der Waals surface area contributed by atoms with Gasteiger partial charge in [0.1, 0.15) is 11.7 Å². The predicted octanol–water partition coefficient (Wildman–Crippen LogP) is 3.60. The lowest BCUT2D eigenvalue weighted by atomic mass is 9.99. The zero-order valence-corrected chi connectivity index (χ0v) is 13.7. The van der Waals surface area contributed by atoms with Crippen molar-refractivity contribution >= 4 is 27.4 Å². The number of thiophene rings is 1. The summed E-state index contributed by atoms with van der Waals surface area (Å²) >= 11 is 1.71. The molecule has 1 aliphatic heterocycles. The van der Waals surface area contributed by atoms with E-state index in [1.54, 1.807) is 11.3 Å². The van der Waals surface area contributed by atoms with E-state index in [2.05, 4.69) is 33.0 Å². The molecule has 0 bridgehead atoms. The SMILES string of the molecule is CCOC(=O)C1CCCn2c(-c3cc4ccccc4s3)nnc21. The number of carbonyl (C=O) groups excluding carboxylic acids is 1. The lowest BCUT2D eigenvalue weighted by molar-refractivity contribution is -0.145. The van der Waals surface area contributed by atoms with Crippen LogP contribution < -0.4 is 0 Å². The van der Waals surface area contributed by atoms with E-state index in [9.17, 15) is 4.79 Å². The molecule has 118 valence electrons. The molecule has 1 atom stereocenters. The molecular weight excluding hydrogens is 310 g/mol. The summed E-state index contributed by atoms with van der Waals surface area (Å²) in [4.78, 5) is 13.2. The molecule has 3 aromatic rings. The molecule has 0 amide bonds. The zero-order valence-electron chi connectivity index (χ0n) is 12.9. The van der Waals surface area contributed by atoms with Crippen LogP contribution in [0.4, 0.5) is 0 Å². The average Bonchev–Trinajstić information content (AvgIpc) is 3.18. The number of aromatic nitrogens is 3. The number of ether oxygens (including phenoxy) is 1. The third kappa shape index (κ3) is 2.43. The molecule has 4 rings (SSSR count). The quantitative estimate of drug-likeness (QED) is 0.690. The van der Waals surface area contributed by atoms with E-state index in [-0.39, 0.29) is 11.9 Å². The Balaban J connectivity index is 1.75. The Labute approximate surface area is 137 Å². The summed E-state index contributed by atoms with van der Waals surface area (Å²) in [5.74, 6) is 1.11. The maximum Gasteiger partial charge on any atom is 0.316 e. The summed E-state index contributed by atoms with van der Waals surface area (Å²) < 4.78 is 8.50. The molecule has 0 radical (unpaired) electrons. The second kappa shape index (κ2) is 5.77. The van der Waals surface area contributed by atoms with Crippen LogP contribution in [0, 0.1) is 0 Å². The fourth-order valence-electron chi connectivity index (χ4n) is 3.12. The maximum absolute atomic E-state index is 12.1. The van der Waals surface area contributed by atoms with Crippen LogP contribution in [0.25, 0.3) is 20.8 Å². The standard InChI is InChI=1S/C17H17N3O2S/c1-2-22-17(21)12-7-5-9-20-15(12)18-19-16(20)14-10-11-6-3-4-8-13(11)23-14/h3-4,6,8,10,12H,2,5,7,9H2,1H3. The Morgan fingerprint density at radius 2 is 2.26 bits per heavy atom. The van der Waals surface area contributed by atoms with Gasteiger partial charge >= 0.3 is 5.97 Å². The van der Waals surface area contributed by atoms with Gasteiger partial charge in [0.15, 0.2) is 5.82 Å². The van der Waals surface area contributed by atoms with Gasteiger partial charge in [-0.15, -0.1) is 21.5 Å². The van der Waals surface area contributed by atoms with Crippen molar-refractivity contribution in [1.29, 1.82) is 0 Å². The van der Waals surface area contributed by atoms with E-state index in [0.717, 1.165) is 35.9 Å². The van der Waals surface area contributed by atoms with Crippen LogP contribution in [0.2, 0.25) is 0 Å². The molecule has 1 unspecified atom stereocenters. The fourth-order valence-corrected chi connectivity index (χ4v) is 4.17. The van der Waals surface area contributed by atoms with Gasteiger partial charge in [-0.1, -0.05) is 18.2 Å². The molecule has 2 aromatic heterocycles. The smallest absolute Gasteiger partial charge is 0.316 e. The van der Waals surface area contributed by atoms with Crippen molar-refractivity contribution in [3.63, 3.8) is 0 Å². The summed E-state index contributed by atoms with van der Waals surface area (Å²) in [5, 5.41) is 9.89. The number of nitrogens with zero attached hydrogens (tertiary/aromatic N) is 3. The van der Waals surface area contributed by atoms with Crippen molar-refractivity contribution in [2.45, 2.75) is 32.2 Å². The first kappa shape index (κ1) is 14.4. The normalized spacial score (nSPS) is 17.2. The van der Waals surface area contributed by atoms with Gasteiger partial charge in [0.2, 0.25) is 0 Å². The second-order valence-electron chi connectivity index (χ2n) is 5.63. The summed E-state index contributed by atoms with van der Waals surface area (Å²) in [6, 6.07) is 10.4. The zero-order chi connectivity index (χ0) is 15.8. The number of hydrogen-bond acceptors (Lipinski definition) is 5. The van der Waals surface area contributed by atoms with Crippen LogP contribution in [0.1, 0.15) is 31.5 Å². The van der Waals surface area contributed by atoms with Crippen molar-refractivity contribution in [1.82, 2.24) is 14.8 Å². The molecular formula is C17H17N3O2S. The van der Waals surface area contributed by atoms with E-state index >= 15 is 0 Å². The molecule has 1 aliphatic rings. The molecule has 0 saturated heterocycles. The predicted molar refractivity (Wildman–Crippen MR) is 89.4 cm³/mol. The third-order valence-corrected chi connectivity index (χ3v) is 5.29. The first-order valence-electron chi connectivity index (χ1n) is 7.86. The highest BCUT2D eigenvalue weighted by Crippen LogP contribution is 2.36. The number of esters is 1. The topological polar surface area (TPSA) is 57.0 Å². The molecule has 6 heteroatoms. The van der Waals surface area contributed by atoms with Crippen LogP contribution in [-0.2, 0) is 16.1 Å². The van der Waals surface area contributed by atoms with Crippen LogP contribution >= 0.6 is 11.3 Å². The first-order valence-corrected chi connectivity index (χ1v) is 8.68. The number of hydrogen-bond donors (Lipinski definition) is 0. The van der Waals surface area contributed by atoms with E-state index < -0.39 is 0 Å². The molecule has 3 heterocycles. The van der Waals surface area contributed by atoms with Gasteiger partial charge in [0.05, 0.1) is 11.5 Å². The molecule has 0 N–H and O–H groups in total. The Kier molecular flexibility index (Phi) is 3.61. The van der Waals surface area contributed by atoms with E-state index in [0.29, 0.717) is 6.61 Å². The Bertz CT molecular complexity index is 835. The maximum atomic E-state index is 12.1. The Morgan fingerprint density at radius 3 is 3.09 bits per heavy atom. The highest BCUT2D eigenvalue weighted by atomic mass is 32.1. The van der Waals surface area contributed by atoms with Crippen molar-refractivity contribution < 1.29 is 9.53 Å². The van der Waals surface area contributed by atoms with E-state index in [1.165, 1.54) is 10.1 Å². The van der Waals surface area contributed by atoms with Crippen LogP contribution in [0.15, 0.2) is 30.3 Å². The number of fused-ring (bicyclic) bond motifs is 2. The average molecular weight is 327 g/mol. The monoisotopic (exact) mass is 327 g/mol. The van der Waals surface area contributed by atoms with E-state index in [1.807, 2.05) is 19.1 Å². The second-order valence-corrected chi connectivity index (χ2v) is 6.71. The fraction of sp³-hybridized carbons (Fsp3) is 0.353. The summed E-state index contributed by atoms with van der Waals surface area (Å²) in [5.41, 5.74) is 0. The summed E-state index contributed by atoms with van der Waals surface area (Å²) in [6.07, 6.45) is 1.72. The lowest BCUT2D eigenvalue weighted by Gasteiger charge is -2.21. The van der Waals surface area contributed by atoms with Gasteiger partial charge in [-0.2, -0.15) is 0 Å². The highest BCUT2D eigenvalue weighted by Gasteiger charge is 2.32. The highest BCUT2D eigenvalue weighted by molar-refractivity contribution is 7.22. The molecule has 0 aliphatic carbocycles. The van der Waals surface area contributed by atoms with Crippen LogP contribution in [0.5, 0.6) is 0 Å². The molecule has 0 saturated carbocycles. The minimum absolute atomic E-state index is 0.191. The lowest BCUT2D eigenvalue weighted by Crippen LogP contribution is -2.24. The van der Waals surface area contributed by atoms with Crippen molar-refractivity contribution in [3.05, 3.63) is 36.2 Å². The first-order chi connectivity index (χ1) is 11.3. The van der Waals surface area contributed by atoms with Gasteiger partial charge in [0, 0.05) is 11.2 Å². The van der Waals surface area contributed by atoms with Crippen LogP contribution in [0.3, 0.4) is 0 Å². The summed E-state index contributed by atoms with van der Waals surface area (Å²) in [6.45, 7) is 3.07. The Hall–Kier alpha value is -2.21. The van der Waals surface area contributed by atoms with Gasteiger partial charge in [-0.25, -0.2) is 0 Å². The molecule has 0 spiro atoms. The van der Waals surface area contributed by atoms with Crippen LogP contribution in [-0.4, -0.2) is 27.3 Å². The van der Waals surface area contributed by atoms with E-state index in [4.69, 9.17) is 4.74 Å².